The van der Waals surface area contributed by atoms with Crippen LogP contribution in [0.2, 0.25) is 0 Å². The molecule has 0 N–H and O–H groups in total. The van der Waals surface area contributed by atoms with Crippen LogP contribution in [0.4, 0.5) is 0 Å². The van der Waals surface area contributed by atoms with Gasteiger partial charge in [0.2, 0.25) is 0 Å². The van der Waals surface area contributed by atoms with Gasteiger partial charge in [0.1, 0.15) is 11.6 Å². The summed E-state index contributed by atoms with van der Waals surface area (Å²) in [5.74, 6) is 0.389. The van der Waals surface area contributed by atoms with Crippen LogP contribution in [0.5, 0.6) is 0 Å². The topological polar surface area (TPSA) is 34.1 Å². The van der Waals surface area contributed by atoms with Gasteiger partial charge in [0, 0.05) is 32.6 Å². The van der Waals surface area contributed by atoms with Crippen LogP contribution in [0, 0.1) is 5.92 Å². The minimum atomic E-state index is -0.0364. The largest absolute Gasteiger partial charge is 0.300 e. The molecular formula is C8H14O2Zr. The van der Waals surface area contributed by atoms with Crippen molar-refractivity contribution in [3.05, 3.63) is 0 Å². The molecule has 0 aromatic heterocycles. The van der Waals surface area contributed by atoms with Crippen molar-refractivity contribution in [3.8, 4) is 0 Å². The standard InChI is InChI=1S/C8H14O2.Zr/c1-6(2)4-8(10)5-7(3)9;/h6H,4-5H2,1-3H3;. The number of rotatable bonds is 4. The molecule has 0 atom stereocenters. The second-order valence-corrected chi connectivity index (χ2v) is 3.02. The van der Waals surface area contributed by atoms with E-state index in [0.717, 1.165) is 0 Å². The van der Waals surface area contributed by atoms with Crippen molar-refractivity contribution in [2.24, 2.45) is 5.92 Å². The van der Waals surface area contributed by atoms with Crippen LogP contribution in [-0.4, -0.2) is 11.6 Å². The van der Waals surface area contributed by atoms with Crippen molar-refractivity contribution in [3.63, 3.8) is 0 Å². The molecule has 0 fully saturated rings. The molecule has 0 saturated carbocycles. The molecule has 0 amide bonds. The molecule has 0 saturated heterocycles. The summed E-state index contributed by atoms with van der Waals surface area (Å²) in [5, 5.41) is 0. The molecule has 0 aliphatic carbocycles. The van der Waals surface area contributed by atoms with Crippen LogP contribution in [0.1, 0.15) is 33.6 Å². The Morgan fingerprint density at radius 3 is 2.00 bits per heavy atom. The van der Waals surface area contributed by atoms with Crippen molar-refractivity contribution in [1.82, 2.24) is 0 Å². The fourth-order valence-electron chi connectivity index (χ4n) is 0.805. The Labute approximate surface area is 86.9 Å². The summed E-state index contributed by atoms with van der Waals surface area (Å²) in [4.78, 5) is 21.3. The van der Waals surface area contributed by atoms with Crippen LogP contribution >= 0.6 is 0 Å². The third-order valence-electron chi connectivity index (χ3n) is 1.08. The van der Waals surface area contributed by atoms with E-state index in [4.69, 9.17) is 0 Å². The zero-order valence-corrected chi connectivity index (χ0v) is 9.77. The fourth-order valence-corrected chi connectivity index (χ4v) is 0.805. The summed E-state index contributed by atoms with van der Waals surface area (Å²) in [6.45, 7) is 5.38. The van der Waals surface area contributed by atoms with E-state index in [1.807, 2.05) is 13.8 Å². The van der Waals surface area contributed by atoms with E-state index in [1.165, 1.54) is 6.92 Å². The van der Waals surface area contributed by atoms with Crippen LogP contribution in [0.3, 0.4) is 0 Å². The Balaban J connectivity index is 0. The van der Waals surface area contributed by atoms with Crippen LogP contribution in [-0.2, 0) is 35.8 Å². The van der Waals surface area contributed by atoms with Gasteiger partial charge in [-0.3, -0.25) is 9.59 Å². The predicted molar refractivity (Wildman–Crippen MR) is 39.8 cm³/mol. The number of hydrogen-bond acceptors (Lipinski definition) is 2. The van der Waals surface area contributed by atoms with Crippen LogP contribution in [0.25, 0.3) is 0 Å². The first-order valence-corrected chi connectivity index (χ1v) is 3.53. The maximum absolute atomic E-state index is 10.8. The van der Waals surface area contributed by atoms with Crippen molar-refractivity contribution in [2.75, 3.05) is 0 Å². The molecule has 0 rings (SSSR count). The minimum Gasteiger partial charge on any atom is -0.300 e. The van der Waals surface area contributed by atoms with Gasteiger partial charge in [-0.25, -0.2) is 0 Å². The van der Waals surface area contributed by atoms with Crippen molar-refractivity contribution in [2.45, 2.75) is 33.6 Å². The first-order valence-electron chi connectivity index (χ1n) is 3.53. The molecule has 3 heteroatoms. The van der Waals surface area contributed by atoms with E-state index in [9.17, 15) is 9.59 Å². The smallest absolute Gasteiger partial charge is 0.140 e. The van der Waals surface area contributed by atoms with Crippen molar-refractivity contribution in [1.29, 1.82) is 0 Å². The molecule has 11 heavy (non-hydrogen) atoms. The zero-order valence-electron chi connectivity index (χ0n) is 7.31. The maximum Gasteiger partial charge on any atom is 0.140 e. The Morgan fingerprint density at radius 1 is 1.27 bits per heavy atom. The number of ketones is 2. The molecule has 0 aromatic rings. The first-order chi connectivity index (χ1) is 4.52. The molecule has 0 spiro atoms. The van der Waals surface area contributed by atoms with Gasteiger partial charge in [0.05, 0.1) is 6.42 Å². The molecule has 2 nitrogen and oxygen atoms in total. The van der Waals surface area contributed by atoms with Gasteiger partial charge in [-0.05, 0) is 12.8 Å². The molecule has 62 valence electrons. The van der Waals surface area contributed by atoms with Gasteiger partial charge in [0.25, 0.3) is 0 Å². The molecule has 0 unspecified atom stereocenters. The van der Waals surface area contributed by atoms with Gasteiger partial charge >= 0.3 is 0 Å². The molecular weight excluding hydrogens is 219 g/mol. The van der Waals surface area contributed by atoms with Gasteiger partial charge in [0.15, 0.2) is 0 Å². The van der Waals surface area contributed by atoms with E-state index < -0.39 is 0 Å². The molecule has 0 aliphatic rings. The zero-order chi connectivity index (χ0) is 8.15. The summed E-state index contributed by atoms with van der Waals surface area (Å²) >= 11 is 0. The van der Waals surface area contributed by atoms with E-state index in [1.54, 1.807) is 0 Å². The molecule has 0 aromatic carbocycles. The Morgan fingerprint density at radius 2 is 1.73 bits per heavy atom. The third-order valence-corrected chi connectivity index (χ3v) is 1.08. The van der Waals surface area contributed by atoms with Crippen LogP contribution < -0.4 is 0 Å². The van der Waals surface area contributed by atoms with Gasteiger partial charge < -0.3 is 0 Å². The summed E-state index contributed by atoms with van der Waals surface area (Å²) in [6.07, 6.45) is 0.637. The second-order valence-electron chi connectivity index (χ2n) is 3.02. The summed E-state index contributed by atoms with van der Waals surface area (Å²) in [7, 11) is 0. The monoisotopic (exact) mass is 232 g/mol. The van der Waals surface area contributed by atoms with E-state index in [2.05, 4.69) is 0 Å². The summed E-state index contributed by atoms with van der Waals surface area (Å²) < 4.78 is 0. The van der Waals surface area contributed by atoms with E-state index in [0.29, 0.717) is 12.3 Å². The molecule has 0 radical (unpaired) electrons. The van der Waals surface area contributed by atoms with E-state index >= 15 is 0 Å². The molecule has 0 aliphatic heterocycles. The fraction of sp³-hybridized carbons (Fsp3) is 0.750. The Bertz CT molecular complexity index is 141. The Kier molecular flexibility index (Phi) is 8.65. The molecule has 0 heterocycles. The summed E-state index contributed by atoms with van der Waals surface area (Å²) in [6, 6.07) is 0. The number of carbonyl (C=O) groups excluding carboxylic acids is 2. The predicted octanol–water partition coefficient (Wildman–Crippen LogP) is 1.58. The number of Topliss-reactive ketones (excluding diaryl/α,β-unsaturated/α-hetero) is 2. The van der Waals surface area contributed by atoms with E-state index in [-0.39, 0.29) is 44.2 Å². The number of carbonyl (C=O) groups is 2. The van der Waals surface area contributed by atoms with Crippen LogP contribution in [0.15, 0.2) is 0 Å². The normalized spacial score (nSPS) is 9.09. The SMILES string of the molecule is CC(=O)CC(=O)CC(C)C.[Zr]. The summed E-state index contributed by atoms with van der Waals surface area (Å²) in [5.41, 5.74) is 0. The average molecular weight is 233 g/mol. The third kappa shape index (κ3) is 10.2. The average Bonchev–Trinajstić information content (AvgIpc) is 1.58. The Hall–Kier alpha value is 0.223. The second kappa shape index (κ2) is 6.90. The first kappa shape index (κ1) is 13.8. The maximum atomic E-state index is 10.8. The van der Waals surface area contributed by atoms with Gasteiger partial charge in [-0.15, -0.1) is 0 Å². The van der Waals surface area contributed by atoms with Crippen molar-refractivity contribution < 1.29 is 35.8 Å². The van der Waals surface area contributed by atoms with Gasteiger partial charge in [-0.1, -0.05) is 13.8 Å². The molecule has 0 bridgehead atoms. The quantitative estimate of drug-likeness (QED) is 0.691. The van der Waals surface area contributed by atoms with Crippen molar-refractivity contribution >= 4 is 11.6 Å². The van der Waals surface area contributed by atoms with Gasteiger partial charge in [-0.2, -0.15) is 0 Å². The minimum absolute atomic E-state index is 0. The number of hydrogen-bond donors (Lipinski definition) is 0.